The number of nitrogen functional groups attached to an aromatic ring is 1. The fraction of sp³-hybridized carbons (Fsp3) is 0.182. The molecule has 1 fully saturated rings. The van der Waals surface area contributed by atoms with Crippen LogP contribution in [0, 0.1) is 0 Å². The molecule has 0 saturated heterocycles. The van der Waals surface area contributed by atoms with Crippen LogP contribution in [0.5, 0.6) is 0 Å². The molecule has 2 heterocycles. The van der Waals surface area contributed by atoms with Gasteiger partial charge in [0.15, 0.2) is 11.2 Å². The first-order valence-corrected chi connectivity index (χ1v) is 9.63. The highest BCUT2D eigenvalue weighted by Crippen LogP contribution is 2.38. The van der Waals surface area contributed by atoms with Gasteiger partial charge in [-0.3, -0.25) is 9.78 Å². The highest BCUT2D eigenvalue weighted by Gasteiger charge is 2.38. The number of aromatic nitrogens is 4. The Morgan fingerprint density at radius 3 is 2.21 bits per heavy atom. The lowest BCUT2D eigenvalue weighted by molar-refractivity contribution is -0.509. The average Bonchev–Trinajstić information content (AvgIpc) is 2.72. The van der Waals surface area contributed by atoms with E-state index in [4.69, 9.17) is 5.73 Å². The molecule has 1 aliphatic rings. The van der Waals surface area contributed by atoms with Gasteiger partial charge in [0.05, 0.1) is 11.4 Å². The molecular formula is C22H21N6O+. The molecule has 0 radical (unpaired) electrons. The summed E-state index contributed by atoms with van der Waals surface area (Å²) in [5.41, 5.74) is 14.4. The van der Waals surface area contributed by atoms with Crippen LogP contribution in [0.1, 0.15) is 24.8 Å². The molecule has 0 aliphatic heterocycles. The van der Waals surface area contributed by atoms with Crippen LogP contribution in [0.15, 0.2) is 59.4 Å². The zero-order chi connectivity index (χ0) is 20.0. The van der Waals surface area contributed by atoms with E-state index >= 15 is 0 Å². The van der Waals surface area contributed by atoms with Crippen molar-refractivity contribution in [3.8, 4) is 22.5 Å². The smallest absolute Gasteiger partial charge is 0.280 e. The first-order chi connectivity index (χ1) is 14.0. The molecule has 6 N–H and O–H groups in total. The molecule has 0 bridgehead atoms. The Morgan fingerprint density at radius 2 is 1.55 bits per heavy atom. The minimum atomic E-state index is -0.399. The van der Waals surface area contributed by atoms with Gasteiger partial charge in [0.2, 0.25) is 5.95 Å². The SMILES string of the molecule is Nc1nc2nc(-c3ccccc3)c(-c3ccc(C4([NH3+])CCC4)cc3)nc2c(=O)[nH]1. The van der Waals surface area contributed by atoms with E-state index < -0.39 is 5.56 Å². The van der Waals surface area contributed by atoms with E-state index in [-0.39, 0.29) is 22.7 Å². The summed E-state index contributed by atoms with van der Waals surface area (Å²) in [6.45, 7) is 0. The molecule has 2 aromatic heterocycles. The molecule has 1 aliphatic carbocycles. The fourth-order valence-electron chi connectivity index (χ4n) is 3.85. The Morgan fingerprint density at radius 1 is 0.897 bits per heavy atom. The predicted octanol–water partition coefficient (Wildman–Crippen LogP) is 2.25. The molecule has 7 heteroatoms. The van der Waals surface area contributed by atoms with Gasteiger partial charge in [0.25, 0.3) is 5.56 Å². The molecule has 0 atom stereocenters. The topological polar surface area (TPSA) is 125 Å². The van der Waals surface area contributed by atoms with E-state index in [1.165, 1.54) is 12.0 Å². The summed E-state index contributed by atoms with van der Waals surface area (Å²) in [5, 5.41) is 0. The van der Waals surface area contributed by atoms with E-state index in [0.717, 1.165) is 24.0 Å². The van der Waals surface area contributed by atoms with Gasteiger partial charge in [-0.05, 0) is 6.42 Å². The van der Waals surface area contributed by atoms with Crippen LogP contribution in [0.3, 0.4) is 0 Å². The predicted molar refractivity (Wildman–Crippen MR) is 112 cm³/mol. The third-order valence-electron chi connectivity index (χ3n) is 5.69. The number of hydrogen-bond donors (Lipinski definition) is 3. The molecule has 1 saturated carbocycles. The van der Waals surface area contributed by atoms with Crippen molar-refractivity contribution in [1.29, 1.82) is 0 Å². The van der Waals surface area contributed by atoms with Crippen LogP contribution in [0.2, 0.25) is 0 Å². The Balaban J connectivity index is 1.72. The quantitative estimate of drug-likeness (QED) is 0.499. The standard InChI is InChI=1S/C22H20N6O/c23-21-27-19-18(20(29)28-21)25-16(17(26-19)13-5-2-1-3-6-13)14-7-9-15(10-8-14)22(24)11-4-12-22/h1-3,5-10H,4,11-12,24H2,(H3,23,26,27,28,29)/p+1. The van der Waals surface area contributed by atoms with E-state index in [9.17, 15) is 4.79 Å². The second kappa shape index (κ2) is 6.49. The van der Waals surface area contributed by atoms with Crippen molar-refractivity contribution in [3.63, 3.8) is 0 Å². The highest BCUT2D eigenvalue weighted by atomic mass is 16.1. The minimum Gasteiger partial charge on any atom is -0.369 e. The van der Waals surface area contributed by atoms with Crippen LogP contribution in [-0.2, 0) is 5.54 Å². The zero-order valence-electron chi connectivity index (χ0n) is 15.9. The molecule has 0 amide bonds. The van der Waals surface area contributed by atoms with Crippen LogP contribution in [0.25, 0.3) is 33.7 Å². The van der Waals surface area contributed by atoms with Crippen LogP contribution in [0.4, 0.5) is 5.95 Å². The maximum atomic E-state index is 12.4. The maximum Gasteiger partial charge on any atom is 0.280 e. The van der Waals surface area contributed by atoms with Crippen LogP contribution in [-0.4, -0.2) is 19.9 Å². The van der Waals surface area contributed by atoms with Crippen molar-refractivity contribution in [2.24, 2.45) is 0 Å². The van der Waals surface area contributed by atoms with Gasteiger partial charge in [-0.1, -0.05) is 54.6 Å². The fourth-order valence-corrected chi connectivity index (χ4v) is 3.85. The zero-order valence-corrected chi connectivity index (χ0v) is 15.9. The molecule has 4 aromatic rings. The Hall–Kier alpha value is -3.58. The minimum absolute atomic E-state index is 0.0223. The van der Waals surface area contributed by atoms with E-state index in [0.29, 0.717) is 11.4 Å². The van der Waals surface area contributed by atoms with E-state index in [1.807, 2.05) is 42.5 Å². The molecule has 0 unspecified atom stereocenters. The number of benzene rings is 2. The lowest BCUT2D eigenvalue weighted by Gasteiger charge is -2.34. The number of hydrogen-bond acceptors (Lipinski definition) is 5. The van der Waals surface area contributed by atoms with E-state index in [1.54, 1.807) is 0 Å². The van der Waals surface area contributed by atoms with Crippen LogP contribution < -0.4 is 17.0 Å². The number of rotatable bonds is 3. The van der Waals surface area contributed by atoms with Crippen LogP contribution >= 0.6 is 0 Å². The average molecular weight is 385 g/mol. The molecule has 29 heavy (non-hydrogen) atoms. The summed E-state index contributed by atoms with van der Waals surface area (Å²) < 4.78 is 0. The summed E-state index contributed by atoms with van der Waals surface area (Å²) in [7, 11) is 0. The third kappa shape index (κ3) is 2.96. The number of nitrogens with two attached hydrogens (primary N) is 1. The molecule has 5 rings (SSSR count). The van der Waals surface area contributed by atoms with Crippen molar-refractivity contribution in [2.45, 2.75) is 24.8 Å². The number of nitrogens with zero attached hydrogens (tertiary/aromatic N) is 3. The summed E-state index contributed by atoms with van der Waals surface area (Å²) in [4.78, 5) is 28.3. The van der Waals surface area contributed by atoms with Gasteiger partial charge < -0.3 is 11.5 Å². The number of aromatic amines is 1. The number of quaternary nitrogens is 1. The molecule has 144 valence electrons. The number of H-pyrrole nitrogens is 1. The lowest BCUT2D eigenvalue weighted by atomic mass is 9.72. The summed E-state index contributed by atoms with van der Waals surface area (Å²) in [6.07, 6.45) is 3.44. The Kier molecular flexibility index (Phi) is 3.92. The van der Waals surface area contributed by atoms with Crippen molar-refractivity contribution in [1.82, 2.24) is 19.9 Å². The monoisotopic (exact) mass is 385 g/mol. The van der Waals surface area contributed by atoms with Gasteiger partial charge in [-0.2, -0.15) is 4.98 Å². The third-order valence-corrected chi connectivity index (χ3v) is 5.69. The molecule has 2 aromatic carbocycles. The summed E-state index contributed by atoms with van der Waals surface area (Å²) >= 11 is 0. The largest absolute Gasteiger partial charge is 0.369 e. The van der Waals surface area contributed by atoms with Gasteiger partial charge >= 0.3 is 0 Å². The van der Waals surface area contributed by atoms with Gasteiger partial charge in [-0.25, -0.2) is 9.97 Å². The van der Waals surface area contributed by atoms with Crippen molar-refractivity contribution in [2.75, 3.05) is 5.73 Å². The number of anilines is 1. The van der Waals surface area contributed by atoms with E-state index in [2.05, 4.69) is 37.8 Å². The maximum absolute atomic E-state index is 12.4. The molecule has 0 spiro atoms. The molecule has 7 nitrogen and oxygen atoms in total. The Labute approximate surface area is 166 Å². The van der Waals surface area contributed by atoms with Crippen molar-refractivity contribution < 1.29 is 5.73 Å². The summed E-state index contributed by atoms with van der Waals surface area (Å²) in [5.74, 6) is 0.0224. The van der Waals surface area contributed by atoms with Crippen molar-refractivity contribution >= 4 is 17.1 Å². The summed E-state index contributed by atoms with van der Waals surface area (Å²) in [6, 6.07) is 18.0. The number of nitrogens with one attached hydrogen (secondary N) is 1. The Bertz CT molecular complexity index is 1260. The second-order valence-electron chi connectivity index (χ2n) is 7.62. The first kappa shape index (κ1) is 17.5. The lowest BCUT2D eigenvalue weighted by Crippen LogP contribution is -2.73. The normalized spacial score (nSPS) is 15.2. The van der Waals surface area contributed by atoms with Gasteiger partial charge in [-0.15, -0.1) is 0 Å². The van der Waals surface area contributed by atoms with Crippen molar-refractivity contribution in [3.05, 3.63) is 70.5 Å². The number of fused-ring (bicyclic) bond motifs is 1. The first-order valence-electron chi connectivity index (χ1n) is 9.63. The second-order valence-corrected chi connectivity index (χ2v) is 7.62. The highest BCUT2D eigenvalue weighted by molar-refractivity contribution is 5.84. The molecular weight excluding hydrogens is 364 g/mol. The van der Waals surface area contributed by atoms with Gasteiger partial charge in [0, 0.05) is 29.5 Å². The van der Waals surface area contributed by atoms with Gasteiger partial charge in [0.1, 0.15) is 5.54 Å².